The minimum Gasteiger partial charge on any atom is -0.486 e. The summed E-state index contributed by atoms with van der Waals surface area (Å²) in [7, 11) is 1.84. The maximum absolute atomic E-state index is 12.2. The predicted octanol–water partition coefficient (Wildman–Crippen LogP) is 6.76. The van der Waals surface area contributed by atoms with Gasteiger partial charge in [-0.1, -0.05) is 60.7 Å². The third-order valence-corrected chi connectivity index (χ3v) is 8.99. The molecule has 1 aliphatic carbocycles. The fraction of sp³-hybridized carbons (Fsp3) is 0.333. The summed E-state index contributed by atoms with van der Waals surface area (Å²) in [5.74, 6) is 0.141. The predicted molar refractivity (Wildman–Crippen MR) is 172 cm³/mol. The first-order valence-electron chi connectivity index (χ1n) is 15.6. The van der Waals surface area contributed by atoms with Crippen LogP contribution in [0.15, 0.2) is 85.2 Å². The molecule has 9 heteroatoms. The summed E-state index contributed by atoms with van der Waals surface area (Å²) < 4.78 is 9.95. The van der Waals surface area contributed by atoms with Gasteiger partial charge in [-0.2, -0.15) is 5.10 Å². The van der Waals surface area contributed by atoms with Crippen molar-refractivity contribution in [3.05, 3.63) is 113 Å². The van der Waals surface area contributed by atoms with E-state index in [0.717, 1.165) is 54.2 Å². The van der Waals surface area contributed by atoms with Crippen LogP contribution in [0.3, 0.4) is 0 Å². The molecule has 5 aromatic rings. The fourth-order valence-corrected chi connectivity index (χ4v) is 6.96. The number of ether oxygens (including phenoxy) is 1. The molecule has 1 aliphatic heterocycles. The van der Waals surface area contributed by atoms with Gasteiger partial charge in [-0.3, -0.25) is 9.58 Å². The summed E-state index contributed by atoms with van der Waals surface area (Å²) in [6.07, 6.45) is 5.17. The van der Waals surface area contributed by atoms with Gasteiger partial charge in [0.1, 0.15) is 16.9 Å². The quantitative estimate of drug-likeness (QED) is 0.210. The Hall–Kier alpha value is -4.76. The van der Waals surface area contributed by atoms with Crippen molar-refractivity contribution in [2.24, 2.45) is 7.05 Å². The van der Waals surface area contributed by atoms with E-state index in [-0.39, 0.29) is 29.0 Å². The Balaban J connectivity index is 1.19. The van der Waals surface area contributed by atoms with E-state index < -0.39 is 5.97 Å². The Morgan fingerprint density at radius 2 is 1.80 bits per heavy atom. The van der Waals surface area contributed by atoms with Crippen LogP contribution in [0.5, 0.6) is 5.75 Å². The number of aryl methyl sites for hydroxylation is 1. The molecule has 2 aromatic heterocycles. The zero-order valence-corrected chi connectivity index (χ0v) is 26.1. The maximum Gasteiger partial charge on any atom is 0.339 e. The van der Waals surface area contributed by atoms with E-state index in [2.05, 4.69) is 95.7 Å². The summed E-state index contributed by atoms with van der Waals surface area (Å²) in [4.78, 5) is 14.7. The molecule has 1 saturated carbocycles. The van der Waals surface area contributed by atoms with Crippen molar-refractivity contribution in [3.63, 3.8) is 0 Å². The highest BCUT2D eigenvalue weighted by Crippen LogP contribution is 2.55. The first kappa shape index (κ1) is 29.0. The van der Waals surface area contributed by atoms with Gasteiger partial charge in [-0.05, 0) is 67.6 Å². The molecular formula is C36H38N6O3. The van der Waals surface area contributed by atoms with Crippen molar-refractivity contribution >= 4 is 5.97 Å². The molecule has 0 saturated heterocycles. The van der Waals surface area contributed by atoms with Crippen LogP contribution < -0.4 is 4.74 Å². The standard InChI is InChI=1S/C36H38N6O3/c1-5-32-27-14-6-7-15-33(27)45-36(2,3)22-41(32)20-23-10-8-11-24(16-23)25-12-9-13-26(17-25)42-34(30(19-37-42)35(43)44)29-18-28(29)31-21-40(4)39-38-31/h6-17,19,21,28-29,32H,5,18,20,22H2,1-4H3,(H,43,44)/t28-,29-,32?/m1/s1. The molecule has 3 aromatic carbocycles. The van der Waals surface area contributed by atoms with Gasteiger partial charge in [-0.15, -0.1) is 5.10 Å². The molecule has 45 heavy (non-hydrogen) atoms. The lowest BCUT2D eigenvalue weighted by Gasteiger charge is -2.33. The highest BCUT2D eigenvalue weighted by Gasteiger charge is 2.46. The van der Waals surface area contributed by atoms with Gasteiger partial charge in [0.05, 0.1) is 23.3 Å². The molecule has 9 nitrogen and oxygen atoms in total. The second-order valence-electron chi connectivity index (χ2n) is 12.9. The second kappa shape index (κ2) is 11.3. The molecular weight excluding hydrogens is 564 g/mol. The highest BCUT2D eigenvalue weighted by atomic mass is 16.5. The van der Waals surface area contributed by atoms with Gasteiger partial charge < -0.3 is 9.84 Å². The van der Waals surface area contributed by atoms with Crippen LogP contribution in [0.1, 0.15) is 84.4 Å². The van der Waals surface area contributed by atoms with Crippen LogP contribution in [0.4, 0.5) is 0 Å². The lowest BCUT2D eigenvalue weighted by Crippen LogP contribution is -2.41. The smallest absolute Gasteiger partial charge is 0.339 e. The van der Waals surface area contributed by atoms with Crippen molar-refractivity contribution < 1.29 is 14.6 Å². The molecule has 1 fully saturated rings. The third kappa shape index (κ3) is 5.64. The first-order chi connectivity index (χ1) is 21.7. The van der Waals surface area contributed by atoms with Gasteiger partial charge in [0.25, 0.3) is 0 Å². The topological polar surface area (TPSA) is 98.3 Å². The number of hydrogen-bond acceptors (Lipinski definition) is 6. The number of nitrogens with zero attached hydrogens (tertiary/aromatic N) is 6. The molecule has 2 aliphatic rings. The Bertz CT molecular complexity index is 1870. The Labute approximate surface area is 263 Å². The summed E-state index contributed by atoms with van der Waals surface area (Å²) >= 11 is 0. The van der Waals surface area contributed by atoms with Crippen LogP contribution in [-0.2, 0) is 13.6 Å². The minimum absolute atomic E-state index is 0.0146. The van der Waals surface area contributed by atoms with Crippen molar-refractivity contribution in [1.82, 2.24) is 29.7 Å². The monoisotopic (exact) mass is 602 g/mol. The Morgan fingerprint density at radius 3 is 2.56 bits per heavy atom. The van der Waals surface area contributed by atoms with Crippen LogP contribution in [0.25, 0.3) is 16.8 Å². The molecule has 1 N–H and O–H groups in total. The van der Waals surface area contributed by atoms with Crippen LogP contribution in [-0.4, -0.2) is 52.9 Å². The number of para-hydroxylation sites is 1. The molecule has 3 atom stereocenters. The van der Waals surface area contributed by atoms with Gasteiger partial charge >= 0.3 is 5.97 Å². The van der Waals surface area contributed by atoms with Crippen LogP contribution >= 0.6 is 0 Å². The molecule has 0 bridgehead atoms. The molecule has 3 heterocycles. The zero-order chi connectivity index (χ0) is 31.3. The minimum atomic E-state index is -0.972. The van der Waals surface area contributed by atoms with Crippen molar-refractivity contribution in [2.75, 3.05) is 6.54 Å². The summed E-state index contributed by atoms with van der Waals surface area (Å²) in [5.41, 5.74) is 6.94. The van der Waals surface area contributed by atoms with Gasteiger partial charge in [-0.25, -0.2) is 9.48 Å². The fourth-order valence-electron chi connectivity index (χ4n) is 6.96. The number of aromatic nitrogens is 5. The normalized spacial score (nSPS) is 20.7. The van der Waals surface area contributed by atoms with E-state index in [1.54, 1.807) is 9.36 Å². The van der Waals surface area contributed by atoms with Gasteiger partial charge in [0.15, 0.2) is 0 Å². The molecule has 7 rings (SSSR count). The van der Waals surface area contributed by atoms with Gasteiger partial charge in [0.2, 0.25) is 0 Å². The van der Waals surface area contributed by atoms with E-state index in [1.807, 2.05) is 31.4 Å². The number of benzene rings is 3. The highest BCUT2D eigenvalue weighted by molar-refractivity contribution is 5.89. The molecule has 0 amide bonds. The number of carboxylic acid groups (broad SMARTS) is 1. The lowest BCUT2D eigenvalue weighted by molar-refractivity contribution is 0.0545. The van der Waals surface area contributed by atoms with E-state index in [0.29, 0.717) is 5.69 Å². The number of aromatic carboxylic acids is 1. The van der Waals surface area contributed by atoms with Crippen LogP contribution in [0.2, 0.25) is 0 Å². The SMILES string of the molecule is CCC1c2ccccc2OC(C)(C)CN1Cc1cccc(-c2cccc(-n3ncc(C(=O)O)c3[C@@H]3C[C@H]3c3cn(C)nn3)c2)c1. The third-order valence-electron chi connectivity index (χ3n) is 8.99. The largest absolute Gasteiger partial charge is 0.486 e. The summed E-state index contributed by atoms with van der Waals surface area (Å²) in [6.45, 7) is 8.17. The van der Waals surface area contributed by atoms with E-state index in [1.165, 1.54) is 17.3 Å². The van der Waals surface area contributed by atoms with E-state index in [4.69, 9.17) is 4.74 Å². The average molecular weight is 603 g/mol. The van der Waals surface area contributed by atoms with Crippen molar-refractivity contribution in [1.29, 1.82) is 0 Å². The molecule has 1 unspecified atom stereocenters. The van der Waals surface area contributed by atoms with Crippen LogP contribution in [0, 0.1) is 0 Å². The number of rotatable bonds is 8. The maximum atomic E-state index is 12.2. The average Bonchev–Trinajstić information content (AvgIpc) is 3.50. The Kier molecular flexibility index (Phi) is 7.28. The molecule has 0 spiro atoms. The number of carbonyl (C=O) groups is 1. The van der Waals surface area contributed by atoms with E-state index >= 15 is 0 Å². The molecule has 0 radical (unpaired) electrons. The summed E-state index contributed by atoms with van der Waals surface area (Å²) in [5, 5.41) is 22.9. The Morgan fingerprint density at radius 1 is 1.02 bits per heavy atom. The van der Waals surface area contributed by atoms with Gasteiger partial charge in [0, 0.05) is 49.8 Å². The second-order valence-corrected chi connectivity index (χ2v) is 12.9. The van der Waals surface area contributed by atoms with Crippen molar-refractivity contribution in [2.45, 2.75) is 63.6 Å². The number of fused-ring (bicyclic) bond motifs is 1. The number of hydrogen-bond donors (Lipinski definition) is 1. The summed E-state index contributed by atoms with van der Waals surface area (Å²) in [6, 6.07) is 25.5. The zero-order valence-electron chi connectivity index (χ0n) is 26.1. The molecule has 230 valence electrons. The van der Waals surface area contributed by atoms with Crippen molar-refractivity contribution in [3.8, 4) is 22.6 Å². The first-order valence-corrected chi connectivity index (χ1v) is 15.6. The van der Waals surface area contributed by atoms with E-state index in [9.17, 15) is 9.90 Å². The number of carboxylic acids is 1. The lowest BCUT2D eigenvalue weighted by atomic mass is 9.99.